The van der Waals surface area contributed by atoms with E-state index in [2.05, 4.69) is 51.3 Å². The van der Waals surface area contributed by atoms with Gasteiger partial charge in [0.15, 0.2) is 0 Å². The fourth-order valence-corrected chi connectivity index (χ4v) is 2.80. The maximum atomic E-state index is 3.57. The summed E-state index contributed by atoms with van der Waals surface area (Å²) >= 11 is 3.57. The Bertz CT molecular complexity index is 363. The molecule has 0 aromatic heterocycles. The van der Waals surface area contributed by atoms with Gasteiger partial charge < -0.3 is 10.2 Å². The lowest BCUT2D eigenvalue weighted by atomic mass is 9.85. The van der Waals surface area contributed by atoms with E-state index in [0.29, 0.717) is 0 Å². The van der Waals surface area contributed by atoms with Crippen molar-refractivity contribution >= 4 is 21.6 Å². The Morgan fingerprint density at radius 3 is 2.72 bits per heavy atom. The molecule has 0 unspecified atom stereocenters. The van der Waals surface area contributed by atoms with Crippen molar-refractivity contribution in [3.8, 4) is 0 Å². The Balaban J connectivity index is 1.71. The van der Waals surface area contributed by atoms with E-state index >= 15 is 0 Å². The van der Waals surface area contributed by atoms with Gasteiger partial charge in [-0.05, 0) is 53.4 Å². The predicted octanol–water partition coefficient (Wildman–Crippen LogP) is 3.98. The molecule has 18 heavy (non-hydrogen) atoms. The molecule has 3 heteroatoms. The molecule has 0 spiro atoms. The number of para-hydroxylation sites is 1. The lowest BCUT2D eigenvalue weighted by molar-refractivity contribution is 0.189. The standard InChI is InChI=1S/C15H23BrN2/c1-2-18(12-13-6-5-7-13)11-10-17-15-9-4-3-8-14(15)16/h3-4,8-9,13,17H,2,5-7,10-12H2,1H3. The molecule has 0 aliphatic heterocycles. The van der Waals surface area contributed by atoms with Gasteiger partial charge in [-0.3, -0.25) is 0 Å². The lowest BCUT2D eigenvalue weighted by Crippen LogP contribution is -2.35. The monoisotopic (exact) mass is 310 g/mol. The molecule has 1 aliphatic carbocycles. The van der Waals surface area contributed by atoms with E-state index in [-0.39, 0.29) is 0 Å². The molecule has 1 aromatic carbocycles. The molecule has 0 amide bonds. The quantitative estimate of drug-likeness (QED) is 0.819. The second kappa shape index (κ2) is 7.15. The topological polar surface area (TPSA) is 15.3 Å². The van der Waals surface area contributed by atoms with Crippen LogP contribution < -0.4 is 5.32 Å². The van der Waals surface area contributed by atoms with Crippen LogP contribution in [-0.4, -0.2) is 31.1 Å². The van der Waals surface area contributed by atoms with Crippen molar-refractivity contribution in [1.82, 2.24) is 4.90 Å². The van der Waals surface area contributed by atoms with E-state index in [1.165, 1.54) is 31.5 Å². The second-order valence-electron chi connectivity index (χ2n) is 5.10. The van der Waals surface area contributed by atoms with Gasteiger partial charge in [0.1, 0.15) is 0 Å². The van der Waals surface area contributed by atoms with Gasteiger partial charge in [0.25, 0.3) is 0 Å². The van der Waals surface area contributed by atoms with Crippen molar-refractivity contribution in [2.75, 3.05) is 31.5 Å². The molecule has 0 heterocycles. The highest BCUT2D eigenvalue weighted by atomic mass is 79.9. The van der Waals surface area contributed by atoms with Gasteiger partial charge in [0.2, 0.25) is 0 Å². The molecular weight excluding hydrogens is 288 g/mol. The van der Waals surface area contributed by atoms with Crippen molar-refractivity contribution in [3.05, 3.63) is 28.7 Å². The summed E-state index contributed by atoms with van der Waals surface area (Å²) in [4.78, 5) is 2.56. The summed E-state index contributed by atoms with van der Waals surface area (Å²) in [6.07, 6.45) is 4.32. The fraction of sp³-hybridized carbons (Fsp3) is 0.600. The SMILES string of the molecule is CCN(CCNc1ccccc1Br)CC1CCC1. The van der Waals surface area contributed by atoms with Crippen LogP contribution in [0.5, 0.6) is 0 Å². The summed E-state index contributed by atoms with van der Waals surface area (Å²) in [5.41, 5.74) is 1.19. The fourth-order valence-electron chi connectivity index (χ4n) is 2.37. The highest BCUT2D eigenvalue weighted by molar-refractivity contribution is 9.10. The summed E-state index contributed by atoms with van der Waals surface area (Å²) < 4.78 is 1.15. The Hall–Kier alpha value is -0.540. The van der Waals surface area contributed by atoms with Crippen LogP contribution in [0.1, 0.15) is 26.2 Å². The summed E-state index contributed by atoms with van der Waals surface area (Å²) in [6.45, 7) is 6.86. The number of hydrogen-bond donors (Lipinski definition) is 1. The van der Waals surface area contributed by atoms with Crippen LogP contribution in [0.25, 0.3) is 0 Å². The van der Waals surface area contributed by atoms with Crippen LogP contribution in [0.15, 0.2) is 28.7 Å². The molecule has 0 bridgehead atoms. The van der Waals surface area contributed by atoms with Crippen LogP contribution in [0.3, 0.4) is 0 Å². The molecule has 0 atom stereocenters. The minimum Gasteiger partial charge on any atom is -0.383 e. The van der Waals surface area contributed by atoms with Crippen LogP contribution in [0.4, 0.5) is 5.69 Å². The first-order valence-corrected chi connectivity index (χ1v) is 7.79. The number of halogens is 1. The van der Waals surface area contributed by atoms with Gasteiger partial charge in [-0.1, -0.05) is 25.5 Å². The minimum absolute atomic E-state index is 0.966. The summed E-state index contributed by atoms with van der Waals surface area (Å²) in [6, 6.07) is 8.31. The van der Waals surface area contributed by atoms with E-state index in [9.17, 15) is 0 Å². The number of hydrogen-bond acceptors (Lipinski definition) is 2. The summed E-state index contributed by atoms with van der Waals surface area (Å²) in [5.74, 6) is 0.966. The van der Waals surface area contributed by atoms with E-state index in [4.69, 9.17) is 0 Å². The van der Waals surface area contributed by atoms with E-state index in [1.807, 2.05) is 6.07 Å². The number of rotatable bonds is 7. The molecule has 0 saturated heterocycles. The van der Waals surface area contributed by atoms with E-state index < -0.39 is 0 Å². The first kappa shape index (κ1) is 13.9. The third kappa shape index (κ3) is 3.99. The zero-order valence-corrected chi connectivity index (χ0v) is 12.7. The first-order chi connectivity index (χ1) is 8.79. The smallest absolute Gasteiger partial charge is 0.0485 e. The molecule has 1 saturated carbocycles. The number of likely N-dealkylation sites (N-methyl/N-ethyl adjacent to an activating group) is 1. The molecule has 2 rings (SSSR count). The molecule has 1 aliphatic rings. The highest BCUT2D eigenvalue weighted by Crippen LogP contribution is 2.27. The van der Waals surface area contributed by atoms with Crippen molar-refractivity contribution in [2.24, 2.45) is 5.92 Å². The number of anilines is 1. The molecule has 100 valence electrons. The van der Waals surface area contributed by atoms with Gasteiger partial charge in [0.05, 0.1) is 0 Å². The largest absolute Gasteiger partial charge is 0.383 e. The molecule has 2 nitrogen and oxygen atoms in total. The average molecular weight is 311 g/mol. The Morgan fingerprint density at radius 1 is 1.33 bits per heavy atom. The van der Waals surface area contributed by atoms with Gasteiger partial charge in [-0.25, -0.2) is 0 Å². The lowest BCUT2D eigenvalue weighted by Gasteiger charge is -2.31. The maximum absolute atomic E-state index is 3.57. The van der Waals surface area contributed by atoms with Gasteiger partial charge in [-0.15, -0.1) is 0 Å². The molecular formula is C15H23BrN2. The van der Waals surface area contributed by atoms with Crippen molar-refractivity contribution in [1.29, 1.82) is 0 Å². The Kier molecular flexibility index (Phi) is 5.51. The maximum Gasteiger partial charge on any atom is 0.0485 e. The minimum atomic E-state index is 0.966. The number of nitrogens with zero attached hydrogens (tertiary/aromatic N) is 1. The molecule has 1 N–H and O–H groups in total. The van der Waals surface area contributed by atoms with Crippen molar-refractivity contribution in [2.45, 2.75) is 26.2 Å². The zero-order chi connectivity index (χ0) is 12.8. The van der Waals surface area contributed by atoms with E-state index in [0.717, 1.165) is 30.0 Å². The normalized spacial score (nSPS) is 15.7. The zero-order valence-electron chi connectivity index (χ0n) is 11.2. The second-order valence-corrected chi connectivity index (χ2v) is 5.95. The van der Waals surface area contributed by atoms with Gasteiger partial charge in [-0.2, -0.15) is 0 Å². The number of benzene rings is 1. The van der Waals surface area contributed by atoms with E-state index in [1.54, 1.807) is 0 Å². The van der Waals surface area contributed by atoms with Gasteiger partial charge in [0, 0.05) is 29.8 Å². The first-order valence-electron chi connectivity index (χ1n) is 7.00. The molecule has 1 aromatic rings. The Morgan fingerprint density at radius 2 is 2.11 bits per heavy atom. The predicted molar refractivity (Wildman–Crippen MR) is 82.1 cm³/mol. The van der Waals surface area contributed by atoms with Crippen LogP contribution >= 0.6 is 15.9 Å². The highest BCUT2D eigenvalue weighted by Gasteiger charge is 2.19. The Labute approximate surface area is 119 Å². The van der Waals surface area contributed by atoms with Crippen molar-refractivity contribution < 1.29 is 0 Å². The van der Waals surface area contributed by atoms with Crippen molar-refractivity contribution in [3.63, 3.8) is 0 Å². The van der Waals surface area contributed by atoms with Crippen LogP contribution in [0.2, 0.25) is 0 Å². The summed E-state index contributed by atoms with van der Waals surface area (Å²) in [5, 5.41) is 3.50. The van der Waals surface area contributed by atoms with Crippen LogP contribution in [0, 0.1) is 5.92 Å². The third-order valence-electron chi connectivity index (χ3n) is 3.81. The average Bonchev–Trinajstić information content (AvgIpc) is 2.33. The summed E-state index contributed by atoms with van der Waals surface area (Å²) in [7, 11) is 0. The molecule has 0 radical (unpaired) electrons. The number of nitrogens with one attached hydrogen (secondary N) is 1. The third-order valence-corrected chi connectivity index (χ3v) is 4.50. The van der Waals surface area contributed by atoms with Crippen LogP contribution in [-0.2, 0) is 0 Å². The molecule has 1 fully saturated rings. The van der Waals surface area contributed by atoms with Gasteiger partial charge >= 0.3 is 0 Å².